The van der Waals surface area contributed by atoms with Crippen LogP contribution in [0.4, 0.5) is 17.1 Å². The molecule has 0 aliphatic carbocycles. The van der Waals surface area contributed by atoms with E-state index >= 15 is 0 Å². The lowest BCUT2D eigenvalue weighted by Crippen LogP contribution is -2.10. The molecule has 50 heavy (non-hydrogen) atoms. The fourth-order valence-electron chi connectivity index (χ4n) is 7.87. The number of hydrogen-bond donors (Lipinski definition) is 0. The SMILES string of the molecule is c1ccc(-c2cccc(-n3c4ccccc4c4cc(N(c5ccccc5)c5cccc6c5ccc5c7ccccc7ccc65)ccc43)c2)cc1. The molecule has 0 aliphatic rings. The molecule has 0 radical (unpaired) electrons. The van der Waals surface area contributed by atoms with Gasteiger partial charge < -0.3 is 9.47 Å². The van der Waals surface area contributed by atoms with Crippen molar-refractivity contribution < 1.29 is 0 Å². The summed E-state index contributed by atoms with van der Waals surface area (Å²) < 4.78 is 2.40. The average Bonchev–Trinajstić information content (AvgIpc) is 3.52. The van der Waals surface area contributed by atoms with Crippen molar-refractivity contribution in [1.29, 1.82) is 0 Å². The van der Waals surface area contributed by atoms with E-state index in [1.165, 1.54) is 65.3 Å². The van der Waals surface area contributed by atoms with E-state index in [0.29, 0.717) is 0 Å². The van der Waals surface area contributed by atoms with Gasteiger partial charge in [0.1, 0.15) is 0 Å². The van der Waals surface area contributed by atoms with Crippen LogP contribution in [0.5, 0.6) is 0 Å². The Labute approximate surface area is 290 Å². The minimum atomic E-state index is 1.12. The van der Waals surface area contributed by atoms with Gasteiger partial charge in [0.25, 0.3) is 0 Å². The molecule has 10 aromatic rings. The second kappa shape index (κ2) is 11.5. The predicted octanol–water partition coefficient (Wildman–Crippen LogP) is 13.4. The first kappa shape index (κ1) is 28.4. The molecule has 0 atom stereocenters. The summed E-state index contributed by atoms with van der Waals surface area (Å²) in [7, 11) is 0. The molecule has 0 saturated carbocycles. The zero-order valence-electron chi connectivity index (χ0n) is 27.4. The Morgan fingerprint density at radius 2 is 0.940 bits per heavy atom. The number of anilines is 3. The van der Waals surface area contributed by atoms with Crippen molar-refractivity contribution in [3.8, 4) is 16.8 Å². The molecule has 1 aromatic heterocycles. The Bertz CT molecular complexity index is 2870. The number of hydrogen-bond acceptors (Lipinski definition) is 1. The van der Waals surface area contributed by atoms with Gasteiger partial charge in [-0.1, -0.05) is 140 Å². The van der Waals surface area contributed by atoms with Crippen LogP contribution in [0.25, 0.3) is 70.9 Å². The van der Waals surface area contributed by atoms with Crippen LogP contribution in [0.1, 0.15) is 0 Å². The molecular formula is C48H32N2. The fourth-order valence-corrected chi connectivity index (χ4v) is 7.87. The van der Waals surface area contributed by atoms with Crippen molar-refractivity contribution in [3.05, 3.63) is 194 Å². The molecule has 0 saturated heterocycles. The third-order valence-corrected chi connectivity index (χ3v) is 10.1. The molecule has 10 rings (SSSR count). The lowest BCUT2D eigenvalue weighted by molar-refractivity contribution is 1.18. The molecule has 0 bridgehead atoms. The second-order valence-electron chi connectivity index (χ2n) is 13.0. The van der Waals surface area contributed by atoms with Crippen LogP contribution in [-0.2, 0) is 0 Å². The highest BCUT2D eigenvalue weighted by molar-refractivity contribution is 6.20. The van der Waals surface area contributed by atoms with E-state index in [4.69, 9.17) is 0 Å². The molecular weight excluding hydrogens is 605 g/mol. The maximum atomic E-state index is 2.41. The molecule has 0 N–H and O–H groups in total. The average molecular weight is 637 g/mol. The van der Waals surface area contributed by atoms with Crippen molar-refractivity contribution in [3.63, 3.8) is 0 Å². The Hall–Kier alpha value is -6.64. The lowest BCUT2D eigenvalue weighted by atomic mass is 9.96. The van der Waals surface area contributed by atoms with Gasteiger partial charge in [-0.3, -0.25) is 0 Å². The first-order valence-corrected chi connectivity index (χ1v) is 17.2. The summed E-state index contributed by atoms with van der Waals surface area (Å²) in [5.74, 6) is 0. The maximum absolute atomic E-state index is 2.41. The highest BCUT2D eigenvalue weighted by Gasteiger charge is 2.19. The first-order valence-electron chi connectivity index (χ1n) is 17.2. The van der Waals surface area contributed by atoms with Crippen LogP contribution in [0.15, 0.2) is 194 Å². The van der Waals surface area contributed by atoms with Gasteiger partial charge in [-0.2, -0.15) is 0 Å². The van der Waals surface area contributed by atoms with Gasteiger partial charge in [0.15, 0.2) is 0 Å². The Morgan fingerprint density at radius 1 is 0.320 bits per heavy atom. The largest absolute Gasteiger partial charge is 0.310 e. The van der Waals surface area contributed by atoms with Gasteiger partial charge in [-0.25, -0.2) is 0 Å². The third-order valence-electron chi connectivity index (χ3n) is 10.1. The summed E-state index contributed by atoms with van der Waals surface area (Å²) in [5, 5.41) is 10.0. The number of nitrogens with zero attached hydrogens (tertiary/aromatic N) is 2. The fraction of sp³-hybridized carbons (Fsp3) is 0. The molecule has 0 fully saturated rings. The van der Waals surface area contributed by atoms with Crippen LogP contribution < -0.4 is 4.90 Å². The van der Waals surface area contributed by atoms with Crippen LogP contribution in [0, 0.1) is 0 Å². The molecule has 0 aliphatic heterocycles. The number of benzene rings is 9. The van der Waals surface area contributed by atoms with E-state index in [1.807, 2.05) is 0 Å². The minimum absolute atomic E-state index is 1.12. The van der Waals surface area contributed by atoms with Gasteiger partial charge in [0, 0.05) is 33.2 Å². The zero-order chi connectivity index (χ0) is 33.0. The van der Waals surface area contributed by atoms with E-state index in [-0.39, 0.29) is 0 Å². The molecule has 0 unspecified atom stereocenters. The normalized spacial score (nSPS) is 11.6. The molecule has 0 spiro atoms. The van der Waals surface area contributed by atoms with Crippen LogP contribution in [-0.4, -0.2) is 4.57 Å². The van der Waals surface area contributed by atoms with E-state index in [2.05, 4.69) is 204 Å². The monoisotopic (exact) mass is 636 g/mol. The van der Waals surface area contributed by atoms with Crippen molar-refractivity contribution in [2.75, 3.05) is 4.90 Å². The molecule has 1 heterocycles. The van der Waals surface area contributed by atoms with Crippen molar-refractivity contribution in [2.24, 2.45) is 0 Å². The van der Waals surface area contributed by atoms with E-state index in [1.54, 1.807) is 0 Å². The summed E-state index contributed by atoms with van der Waals surface area (Å²) in [6.45, 7) is 0. The zero-order valence-corrected chi connectivity index (χ0v) is 27.4. The minimum Gasteiger partial charge on any atom is -0.310 e. The lowest BCUT2D eigenvalue weighted by Gasteiger charge is -2.27. The Kier molecular flexibility index (Phi) is 6.53. The smallest absolute Gasteiger partial charge is 0.0542 e. The highest BCUT2D eigenvalue weighted by atomic mass is 15.1. The molecule has 0 amide bonds. The summed E-state index contributed by atoms with van der Waals surface area (Å²) in [6, 6.07) is 70.5. The van der Waals surface area contributed by atoms with E-state index in [0.717, 1.165) is 22.7 Å². The second-order valence-corrected chi connectivity index (χ2v) is 13.0. The van der Waals surface area contributed by atoms with Crippen molar-refractivity contribution >= 4 is 71.2 Å². The summed E-state index contributed by atoms with van der Waals surface area (Å²) in [4.78, 5) is 2.41. The molecule has 2 nitrogen and oxygen atoms in total. The van der Waals surface area contributed by atoms with Crippen molar-refractivity contribution in [1.82, 2.24) is 4.57 Å². The van der Waals surface area contributed by atoms with Gasteiger partial charge in [0.2, 0.25) is 0 Å². The van der Waals surface area contributed by atoms with Gasteiger partial charge in [-0.05, 0) is 92.7 Å². The third kappa shape index (κ3) is 4.50. The Morgan fingerprint density at radius 3 is 1.82 bits per heavy atom. The maximum Gasteiger partial charge on any atom is 0.0542 e. The van der Waals surface area contributed by atoms with Crippen molar-refractivity contribution in [2.45, 2.75) is 0 Å². The van der Waals surface area contributed by atoms with Crippen LogP contribution in [0.3, 0.4) is 0 Å². The molecule has 234 valence electrons. The number of para-hydroxylation sites is 2. The topological polar surface area (TPSA) is 8.17 Å². The van der Waals surface area contributed by atoms with E-state index in [9.17, 15) is 0 Å². The first-order chi connectivity index (χ1) is 24.8. The Balaban J connectivity index is 1.19. The van der Waals surface area contributed by atoms with E-state index < -0.39 is 0 Å². The quantitative estimate of drug-likeness (QED) is 0.171. The summed E-state index contributed by atoms with van der Waals surface area (Å²) in [6.07, 6.45) is 0. The summed E-state index contributed by atoms with van der Waals surface area (Å²) >= 11 is 0. The van der Waals surface area contributed by atoms with Crippen LogP contribution in [0.2, 0.25) is 0 Å². The van der Waals surface area contributed by atoms with Gasteiger partial charge in [-0.15, -0.1) is 0 Å². The number of rotatable bonds is 5. The highest BCUT2D eigenvalue weighted by Crippen LogP contribution is 2.43. The molecule has 9 aromatic carbocycles. The van der Waals surface area contributed by atoms with Gasteiger partial charge in [0.05, 0.1) is 16.7 Å². The van der Waals surface area contributed by atoms with Crippen LogP contribution >= 0.6 is 0 Å². The number of aromatic nitrogens is 1. The molecule has 2 heteroatoms. The number of fused-ring (bicyclic) bond motifs is 8. The standard InChI is InChI=1S/C48H32N2/c1-3-13-33(14-4-1)35-16-11-19-37(31-35)50-47-23-10-9-21-43(47)45-32-38(26-30-48(45)50)49(36-17-5-2-6-18-36)46-24-12-22-40-42-27-25-34-15-7-8-20-39(34)41(42)28-29-44(40)46/h1-32H. The van der Waals surface area contributed by atoms with Gasteiger partial charge >= 0.3 is 0 Å². The summed E-state index contributed by atoms with van der Waals surface area (Å²) in [5.41, 5.74) is 9.35. The predicted molar refractivity (Wildman–Crippen MR) is 213 cm³/mol.